The van der Waals surface area contributed by atoms with Crippen LogP contribution in [0.15, 0.2) is 46.8 Å². The van der Waals surface area contributed by atoms with E-state index < -0.39 is 5.69 Å². The summed E-state index contributed by atoms with van der Waals surface area (Å²) < 4.78 is 2.47. The molecule has 0 radical (unpaired) electrons. The summed E-state index contributed by atoms with van der Waals surface area (Å²) in [6.07, 6.45) is 3.27. The van der Waals surface area contributed by atoms with Gasteiger partial charge in [0.2, 0.25) is 5.91 Å². The molecule has 5 rings (SSSR count). The third-order valence-electron chi connectivity index (χ3n) is 5.93. The topological polar surface area (TPSA) is 101 Å². The number of thiazole rings is 1. The van der Waals surface area contributed by atoms with Crippen molar-refractivity contribution in [1.29, 1.82) is 0 Å². The van der Waals surface area contributed by atoms with Gasteiger partial charge in [0, 0.05) is 49.6 Å². The molecule has 0 aliphatic carbocycles. The Morgan fingerprint density at radius 3 is 2.67 bits per heavy atom. The number of carbonyl (C=O) groups is 1. The number of carbonyl (C=O) groups excluding carboxylic acids is 1. The van der Waals surface area contributed by atoms with Gasteiger partial charge in [-0.25, -0.2) is 18.9 Å². The fraction of sp³-hybridized carbons (Fsp3) is 0.318. The molecule has 1 aromatic carbocycles. The maximum atomic E-state index is 12.6. The van der Waals surface area contributed by atoms with Crippen LogP contribution in [-0.2, 0) is 11.3 Å². The van der Waals surface area contributed by atoms with Gasteiger partial charge in [-0.05, 0) is 37.1 Å². The molecule has 0 bridgehead atoms. The molecule has 10 nitrogen and oxygen atoms in total. The Kier molecular flexibility index (Phi) is 5.55. The normalized spacial score (nSPS) is 14.1. The van der Waals surface area contributed by atoms with Crippen molar-refractivity contribution in [3.8, 4) is 0 Å². The van der Waals surface area contributed by atoms with Crippen LogP contribution in [0.3, 0.4) is 0 Å². The lowest BCUT2D eigenvalue weighted by atomic mass is 10.1. The lowest BCUT2D eigenvalue weighted by Gasteiger charge is -2.37. The van der Waals surface area contributed by atoms with Crippen LogP contribution in [0.25, 0.3) is 5.78 Å². The SMILES string of the molecule is Cc1cccc(N2CCN(c3ccn4c(=O)n(CC(=O)Nc5nccs5)nc4n3)CC2)c1C. The Morgan fingerprint density at radius 2 is 1.91 bits per heavy atom. The molecule has 0 spiro atoms. The predicted molar refractivity (Wildman–Crippen MR) is 128 cm³/mol. The first-order valence-electron chi connectivity index (χ1n) is 10.7. The smallest absolute Gasteiger partial charge is 0.352 e. The molecular formula is C22H24N8O2S. The maximum Gasteiger partial charge on any atom is 0.352 e. The Balaban J connectivity index is 1.29. The molecule has 3 aromatic heterocycles. The largest absolute Gasteiger partial charge is 0.368 e. The number of amides is 1. The van der Waals surface area contributed by atoms with E-state index >= 15 is 0 Å². The highest BCUT2D eigenvalue weighted by atomic mass is 32.1. The van der Waals surface area contributed by atoms with Gasteiger partial charge in [0.15, 0.2) is 5.13 Å². The second-order valence-corrected chi connectivity index (χ2v) is 8.87. The van der Waals surface area contributed by atoms with Crippen molar-refractivity contribution in [1.82, 2.24) is 24.1 Å². The van der Waals surface area contributed by atoms with Gasteiger partial charge in [-0.3, -0.25) is 4.79 Å². The highest BCUT2D eigenvalue weighted by Crippen LogP contribution is 2.25. The summed E-state index contributed by atoms with van der Waals surface area (Å²) >= 11 is 1.31. The highest BCUT2D eigenvalue weighted by Gasteiger charge is 2.21. The van der Waals surface area contributed by atoms with Crippen molar-refractivity contribution in [2.75, 3.05) is 41.3 Å². The summed E-state index contributed by atoms with van der Waals surface area (Å²) in [5, 5.41) is 9.17. The Morgan fingerprint density at radius 1 is 1.12 bits per heavy atom. The molecule has 0 saturated carbocycles. The lowest BCUT2D eigenvalue weighted by molar-refractivity contribution is -0.117. The van der Waals surface area contributed by atoms with Crippen LogP contribution in [0.4, 0.5) is 16.6 Å². The summed E-state index contributed by atoms with van der Waals surface area (Å²) in [6.45, 7) is 7.50. The van der Waals surface area contributed by atoms with Gasteiger partial charge in [-0.15, -0.1) is 16.4 Å². The molecule has 0 unspecified atom stereocenters. The van der Waals surface area contributed by atoms with Gasteiger partial charge in [0.1, 0.15) is 12.4 Å². The molecule has 4 heterocycles. The molecule has 1 saturated heterocycles. The number of anilines is 3. The molecule has 1 aliphatic rings. The summed E-state index contributed by atoms with van der Waals surface area (Å²) in [5.74, 6) is 0.683. The predicted octanol–water partition coefficient (Wildman–Crippen LogP) is 1.93. The molecule has 1 N–H and O–H groups in total. The van der Waals surface area contributed by atoms with E-state index in [1.54, 1.807) is 17.8 Å². The van der Waals surface area contributed by atoms with Gasteiger partial charge in [0.05, 0.1) is 0 Å². The number of rotatable bonds is 5. The van der Waals surface area contributed by atoms with E-state index in [1.807, 2.05) is 6.07 Å². The van der Waals surface area contributed by atoms with Crippen molar-refractivity contribution < 1.29 is 4.79 Å². The number of aryl methyl sites for hydroxylation is 1. The number of hydrogen-bond donors (Lipinski definition) is 1. The quantitative estimate of drug-likeness (QED) is 0.482. The van der Waals surface area contributed by atoms with Crippen LogP contribution in [-0.4, -0.2) is 56.2 Å². The van der Waals surface area contributed by atoms with Crippen LogP contribution >= 0.6 is 11.3 Å². The molecular weight excluding hydrogens is 440 g/mol. The van der Waals surface area contributed by atoms with Crippen molar-refractivity contribution in [3.05, 3.63) is 63.7 Å². The maximum absolute atomic E-state index is 12.6. The van der Waals surface area contributed by atoms with Crippen LogP contribution in [0.1, 0.15) is 11.1 Å². The molecule has 1 aliphatic heterocycles. The third-order valence-corrected chi connectivity index (χ3v) is 6.62. The summed E-state index contributed by atoms with van der Waals surface area (Å²) in [5.41, 5.74) is 3.48. The van der Waals surface area contributed by atoms with Crippen LogP contribution in [0.5, 0.6) is 0 Å². The first-order valence-corrected chi connectivity index (χ1v) is 11.6. The second-order valence-electron chi connectivity index (χ2n) is 7.97. The molecule has 4 aromatic rings. The lowest BCUT2D eigenvalue weighted by Crippen LogP contribution is -2.47. The Bertz CT molecular complexity index is 1350. The molecule has 1 fully saturated rings. The van der Waals surface area contributed by atoms with Crippen molar-refractivity contribution >= 4 is 39.7 Å². The average molecular weight is 465 g/mol. The van der Waals surface area contributed by atoms with Crippen LogP contribution in [0.2, 0.25) is 0 Å². The number of aromatic nitrogens is 5. The summed E-state index contributed by atoms with van der Waals surface area (Å²) in [4.78, 5) is 38.0. The number of nitrogens with zero attached hydrogens (tertiary/aromatic N) is 7. The van der Waals surface area contributed by atoms with E-state index in [-0.39, 0.29) is 18.2 Å². The van der Waals surface area contributed by atoms with Gasteiger partial charge in [-0.2, -0.15) is 4.98 Å². The van der Waals surface area contributed by atoms with Crippen LogP contribution in [0, 0.1) is 13.8 Å². The zero-order valence-corrected chi connectivity index (χ0v) is 19.2. The third kappa shape index (κ3) is 4.19. The van der Waals surface area contributed by atoms with Gasteiger partial charge < -0.3 is 15.1 Å². The number of fused-ring (bicyclic) bond motifs is 1. The second kappa shape index (κ2) is 8.66. The van der Waals surface area contributed by atoms with E-state index in [4.69, 9.17) is 0 Å². The number of benzene rings is 1. The number of piperazine rings is 1. The Labute approximate surface area is 194 Å². The number of nitrogens with one attached hydrogen (secondary N) is 1. The zero-order valence-electron chi connectivity index (χ0n) is 18.4. The molecule has 1 amide bonds. The number of hydrogen-bond acceptors (Lipinski definition) is 8. The van der Waals surface area contributed by atoms with E-state index in [2.05, 4.69) is 62.2 Å². The summed E-state index contributed by atoms with van der Waals surface area (Å²) in [7, 11) is 0. The van der Waals surface area contributed by atoms with Crippen molar-refractivity contribution in [2.24, 2.45) is 0 Å². The van der Waals surface area contributed by atoms with Gasteiger partial charge >= 0.3 is 5.69 Å². The van der Waals surface area contributed by atoms with E-state index in [0.29, 0.717) is 5.13 Å². The minimum Gasteiger partial charge on any atom is -0.368 e. The van der Waals surface area contributed by atoms with Crippen molar-refractivity contribution in [3.63, 3.8) is 0 Å². The van der Waals surface area contributed by atoms with Gasteiger partial charge in [-0.1, -0.05) is 12.1 Å². The molecule has 11 heteroatoms. The van der Waals surface area contributed by atoms with Crippen LogP contribution < -0.4 is 20.8 Å². The fourth-order valence-corrected chi connectivity index (χ4v) is 4.56. The van der Waals surface area contributed by atoms with Crippen molar-refractivity contribution in [2.45, 2.75) is 20.4 Å². The monoisotopic (exact) mass is 464 g/mol. The summed E-state index contributed by atoms with van der Waals surface area (Å²) in [6, 6.07) is 8.23. The zero-order chi connectivity index (χ0) is 22.9. The van der Waals surface area contributed by atoms with E-state index in [0.717, 1.165) is 36.7 Å². The molecule has 170 valence electrons. The van der Waals surface area contributed by atoms with Gasteiger partial charge in [0.25, 0.3) is 5.78 Å². The standard InChI is InChI=1S/C22H24N8O2S/c1-15-4-3-5-17(16(15)2)27-9-11-28(12-10-27)18-6-8-29-20(24-18)26-30(22(29)32)14-19(31)25-21-23-7-13-33-21/h3-8,13H,9-12,14H2,1-2H3,(H,23,25,31). The fourth-order valence-electron chi connectivity index (χ4n) is 4.01. The molecule has 0 atom stereocenters. The highest BCUT2D eigenvalue weighted by molar-refractivity contribution is 7.13. The average Bonchev–Trinajstić information content (AvgIpc) is 3.43. The first-order chi connectivity index (χ1) is 16.0. The minimum absolute atomic E-state index is 0.203. The first kappa shape index (κ1) is 21.1. The minimum atomic E-state index is -0.405. The Hall–Kier alpha value is -3.73. The van der Waals surface area contributed by atoms with E-state index in [1.165, 1.54) is 32.6 Å². The molecule has 33 heavy (non-hydrogen) atoms. The van der Waals surface area contributed by atoms with E-state index in [9.17, 15) is 9.59 Å².